The van der Waals surface area contributed by atoms with Gasteiger partial charge >= 0.3 is 5.97 Å². The lowest BCUT2D eigenvalue weighted by Gasteiger charge is -2.23. The molecule has 1 fully saturated rings. The van der Waals surface area contributed by atoms with Crippen molar-refractivity contribution in [1.82, 2.24) is 0 Å². The molecule has 1 atom stereocenters. The first kappa shape index (κ1) is 19.0. The van der Waals surface area contributed by atoms with E-state index < -0.39 is 16.3 Å². The van der Waals surface area contributed by atoms with E-state index in [1.54, 1.807) is 13.0 Å². The van der Waals surface area contributed by atoms with Crippen LogP contribution in [0, 0.1) is 10.1 Å². The van der Waals surface area contributed by atoms with Crippen molar-refractivity contribution in [2.45, 2.75) is 56.7 Å². The minimum Gasteiger partial charge on any atom is -0.465 e. The highest BCUT2D eigenvalue weighted by atomic mass is 35.5. The molecule has 1 aliphatic rings. The minimum absolute atomic E-state index is 0.0251. The van der Waals surface area contributed by atoms with Crippen LogP contribution in [0.1, 0.15) is 56.1 Å². The summed E-state index contributed by atoms with van der Waals surface area (Å²) in [5.41, 5.74) is 1.21. The second-order valence-corrected chi connectivity index (χ2v) is 6.96. The molecular formula is C17H21Cl2NO4. The molecule has 1 aromatic rings. The van der Waals surface area contributed by atoms with Crippen LogP contribution >= 0.6 is 23.2 Å². The summed E-state index contributed by atoms with van der Waals surface area (Å²) in [6.07, 6.45) is 5.26. The van der Waals surface area contributed by atoms with E-state index in [0.717, 1.165) is 32.1 Å². The Morgan fingerprint density at radius 2 is 2.04 bits per heavy atom. The largest absolute Gasteiger partial charge is 0.465 e. The molecule has 24 heavy (non-hydrogen) atoms. The Morgan fingerprint density at radius 1 is 1.38 bits per heavy atom. The van der Waals surface area contributed by atoms with Gasteiger partial charge in [0.25, 0.3) is 5.69 Å². The summed E-state index contributed by atoms with van der Waals surface area (Å²) in [5.74, 6) is -0.410. The smallest absolute Gasteiger partial charge is 0.324 e. The van der Waals surface area contributed by atoms with Gasteiger partial charge in [-0.05, 0) is 43.7 Å². The van der Waals surface area contributed by atoms with Gasteiger partial charge in [-0.25, -0.2) is 0 Å². The molecule has 1 aliphatic carbocycles. The summed E-state index contributed by atoms with van der Waals surface area (Å²) in [6.45, 7) is 1.94. The van der Waals surface area contributed by atoms with Crippen LogP contribution in [-0.4, -0.2) is 22.9 Å². The second kappa shape index (κ2) is 8.67. The third-order valence-corrected chi connectivity index (χ3v) is 4.98. The number of alkyl halides is 1. The molecule has 7 heteroatoms. The number of nitro benzene ring substituents is 1. The van der Waals surface area contributed by atoms with E-state index in [1.807, 2.05) is 0 Å². The number of nitro groups is 1. The zero-order valence-electron chi connectivity index (χ0n) is 13.6. The van der Waals surface area contributed by atoms with Crippen LogP contribution in [-0.2, 0) is 16.0 Å². The number of benzene rings is 1. The highest BCUT2D eigenvalue weighted by Crippen LogP contribution is 2.42. The average Bonchev–Trinajstić information content (AvgIpc) is 2.55. The molecule has 132 valence electrons. The SMILES string of the molecule is CCOC(=O)C(Cl)Cc1cc(Cl)c(C2CCCCC2)c([N+](=O)[O-])c1. The first-order valence-electron chi connectivity index (χ1n) is 8.21. The minimum atomic E-state index is -0.888. The lowest BCUT2D eigenvalue weighted by molar-refractivity contribution is -0.385. The molecule has 0 aromatic heterocycles. The van der Waals surface area contributed by atoms with Gasteiger partial charge in [0.15, 0.2) is 0 Å². The fourth-order valence-electron chi connectivity index (χ4n) is 3.25. The summed E-state index contributed by atoms with van der Waals surface area (Å²) in [7, 11) is 0. The van der Waals surface area contributed by atoms with E-state index in [1.165, 1.54) is 6.07 Å². The van der Waals surface area contributed by atoms with Crippen LogP contribution in [0.2, 0.25) is 5.02 Å². The first-order valence-corrected chi connectivity index (χ1v) is 9.02. The molecule has 0 N–H and O–H groups in total. The van der Waals surface area contributed by atoms with E-state index >= 15 is 0 Å². The normalized spacial score (nSPS) is 16.6. The fraction of sp³-hybridized carbons (Fsp3) is 0.588. The summed E-state index contributed by atoms with van der Waals surface area (Å²) in [4.78, 5) is 22.8. The molecule has 5 nitrogen and oxygen atoms in total. The summed E-state index contributed by atoms with van der Waals surface area (Å²) in [6, 6.07) is 3.18. The van der Waals surface area contributed by atoms with Gasteiger partial charge in [-0.15, -0.1) is 11.6 Å². The van der Waals surface area contributed by atoms with Gasteiger partial charge in [-0.2, -0.15) is 0 Å². The van der Waals surface area contributed by atoms with Gasteiger partial charge in [0, 0.05) is 6.07 Å². The van der Waals surface area contributed by atoms with Crippen LogP contribution in [0.3, 0.4) is 0 Å². The van der Waals surface area contributed by atoms with Crippen molar-refractivity contribution in [1.29, 1.82) is 0 Å². The Morgan fingerprint density at radius 3 is 2.62 bits per heavy atom. The monoisotopic (exact) mass is 373 g/mol. The maximum Gasteiger partial charge on any atom is 0.324 e. The molecular weight excluding hydrogens is 353 g/mol. The van der Waals surface area contributed by atoms with Crippen molar-refractivity contribution in [3.05, 3.63) is 38.4 Å². The standard InChI is InChI=1S/C17H21Cl2NO4/c1-2-24-17(21)14(19)9-11-8-13(18)16(15(10-11)20(22)23)12-6-4-3-5-7-12/h8,10,12,14H,2-7,9H2,1H3. The topological polar surface area (TPSA) is 69.4 Å². The first-order chi connectivity index (χ1) is 11.4. The molecule has 2 rings (SSSR count). The number of hydrogen-bond donors (Lipinski definition) is 0. The van der Waals surface area contributed by atoms with E-state index in [9.17, 15) is 14.9 Å². The maximum absolute atomic E-state index is 11.6. The number of hydrogen-bond acceptors (Lipinski definition) is 4. The molecule has 0 amide bonds. The fourth-order valence-corrected chi connectivity index (χ4v) is 3.88. The molecule has 0 saturated heterocycles. The van der Waals surface area contributed by atoms with Crippen molar-refractivity contribution in [3.8, 4) is 0 Å². The molecule has 0 spiro atoms. The number of rotatable bonds is 6. The number of nitrogens with zero attached hydrogens (tertiary/aromatic N) is 1. The average molecular weight is 374 g/mol. The molecule has 0 radical (unpaired) electrons. The lowest BCUT2D eigenvalue weighted by atomic mass is 9.83. The maximum atomic E-state index is 11.6. The van der Waals surface area contributed by atoms with Crippen LogP contribution in [0.5, 0.6) is 0 Å². The van der Waals surface area contributed by atoms with Crippen molar-refractivity contribution in [2.24, 2.45) is 0 Å². The summed E-state index contributed by atoms with van der Waals surface area (Å²) >= 11 is 12.4. The Hall–Kier alpha value is -1.33. The van der Waals surface area contributed by atoms with Gasteiger partial charge in [0.2, 0.25) is 0 Å². The predicted molar refractivity (Wildman–Crippen MR) is 93.9 cm³/mol. The second-order valence-electron chi connectivity index (χ2n) is 6.03. The number of carbonyl (C=O) groups excluding carboxylic acids is 1. The molecule has 0 heterocycles. The van der Waals surface area contributed by atoms with Crippen molar-refractivity contribution in [2.75, 3.05) is 6.61 Å². The molecule has 0 aliphatic heterocycles. The molecule has 0 bridgehead atoms. The number of esters is 1. The summed E-state index contributed by atoms with van der Waals surface area (Å²) in [5, 5.41) is 11.0. The van der Waals surface area contributed by atoms with Crippen molar-refractivity contribution in [3.63, 3.8) is 0 Å². The predicted octanol–water partition coefficient (Wildman–Crippen LogP) is 5.01. The number of carbonyl (C=O) groups is 1. The van der Waals surface area contributed by atoms with E-state index in [-0.39, 0.29) is 24.6 Å². The van der Waals surface area contributed by atoms with Gasteiger partial charge in [0.05, 0.1) is 22.1 Å². The summed E-state index contributed by atoms with van der Waals surface area (Å²) < 4.78 is 4.86. The highest BCUT2D eigenvalue weighted by Gasteiger charge is 2.28. The number of ether oxygens (including phenoxy) is 1. The van der Waals surface area contributed by atoms with Gasteiger partial charge in [-0.3, -0.25) is 14.9 Å². The molecule has 1 unspecified atom stereocenters. The Bertz CT molecular complexity index is 615. The Labute approximate surface area is 151 Å². The van der Waals surface area contributed by atoms with Gasteiger partial charge < -0.3 is 4.74 Å². The third kappa shape index (κ3) is 4.61. The zero-order valence-corrected chi connectivity index (χ0v) is 15.1. The zero-order chi connectivity index (χ0) is 17.7. The van der Waals surface area contributed by atoms with E-state index in [0.29, 0.717) is 16.1 Å². The number of halogens is 2. The van der Waals surface area contributed by atoms with Crippen LogP contribution < -0.4 is 0 Å². The van der Waals surface area contributed by atoms with Crippen LogP contribution in [0.15, 0.2) is 12.1 Å². The van der Waals surface area contributed by atoms with E-state index in [4.69, 9.17) is 27.9 Å². The van der Waals surface area contributed by atoms with Crippen LogP contribution in [0.4, 0.5) is 5.69 Å². The highest BCUT2D eigenvalue weighted by molar-refractivity contribution is 6.32. The quantitative estimate of drug-likeness (QED) is 0.304. The Kier molecular flexibility index (Phi) is 6.87. The Balaban J connectivity index is 2.29. The lowest BCUT2D eigenvalue weighted by Crippen LogP contribution is -2.20. The van der Waals surface area contributed by atoms with Crippen molar-refractivity contribution >= 4 is 34.9 Å². The third-order valence-electron chi connectivity index (χ3n) is 4.33. The van der Waals surface area contributed by atoms with Crippen LogP contribution in [0.25, 0.3) is 0 Å². The molecule has 1 saturated carbocycles. The van der Waals surface area contributed by atoms with E-state index in [2.05, 4.69) is 0 Å². The molecule has 1 aromatic carbocycles. The van der Waals surface area contributed by atoms with Gasteiger partial charge in [-0.1, -0.05) is 30.9 Å². The van der Waals surface area contributed by atoms with Gasteiger partial charge in [0.1, 0.15) is 5.38 Å². The van der Waals surface area contributed by atoms with Crippen molar-refractivity contribution < 1.29 is 14.5 Å².